The number of benzene rings is 1. The van der Waals surface area contributed by atoms with E-state index in [2.05, 4.69) is 5.32 Å². The lowest BCUT2D eigenvalue weighted by Crippen LogP contribution is -2.45. The summed E-state index contributed by atoms with van der Waals surface area (Å²) < 4.78 is 10.2. The summed E-state index contributed by atoms with van der Waals surface area (Å²) in [6.07, 6.45) is -0.658. The predicted molar refractivity (Wildman–Crippen MR) is 102 cm³/mol. The molecule has 0 aliphatic heterocycles. The number of nitrogens with two attached hydrogens (primary N) is 1. The van der Waals surface area contributed by atoms with Crippen LogP contribution in [0, 0.1) is 5.92 Å². The van der Waals surface area contributed by atoms with Gasteiger partial charge in [-0.05, 0) is 39.2 Å². The molecule has 0 radical (unpaired) electrons. The molecule has 1 rings (SSSR count). The van der Waals surface area contributed by atoms with Gasteiger partial charge in [0.2, 0.25) is 0 Å². The predicted octanol–water partition coefficient (Wildman–Crippen LogP) is 2.74. The first-order chi connectivity index (χ1) is 12.4. The molecule has 0 bridgehead atoms. The van der Waals surface area contributed by atoms with E-state index < -0.39 is 41.6 Å². The first-order valence-corrected chi connectivity index (χ1v) is 8.98. The first-order valence-electron chi connectivity index (χ1n) is 8.98. The van der Waals surface area contributed by atoms with Gasteiger partial charge in [-0.2, -0.15) is 0 Å². The van der Waals surface area contributed by atoms with E-state index in [-0.39, 0.29) is 5.92 Å². The highest BCUT2D eigenvalue weighted by Crippen LogP contribution is 2.22. The van der Waals surface area contributed by atoms with Crippen LogP contribution in [0.1, 0.15) is 53.0 Å². The summed E-state index contributed by atoms with van der Waals surface area (Å²) >= 11 is 0. The van der Waals surface area contributed by atoms with Crippen LogP contribution in [0.5, 0.6) is 0 Å². The Balaban J connectivity index is 2.99. The van der Waals surface area contributed by atoms with Gasteiger partial charge in [0.15, 0.2) is 0 Å². The fourth-order valence-corrected chi connectivity index (χ4v) is 2.37. The monoisotopic (exact) mass is 378 g/mol. The van der Waals surface area contributed by atoms with Crippen LogP contribution in [0.4, 0.5) is 4.79 Å². The van der Waals surface area contributed by atoms with Crippen LogP contribution < -0.4 is 11.1 Å². The van der Waals surface area contributed by atoms with E-state index in [0.29, 0.717) is 5.56 Å². The zero-order valence-corrected chi connectivity index (χ0v) is 16.8. The standard InChI is InChI=1S/C20H30N2O5/c1-12(2)16(21)18(24)26-17(23)15(14-10-8-7-9-11-14)13(3)22-19(25)27-20(4,5)6/h7-13,15-16H,21H2,1-6H3,(H,22,25)/t13-,15?,16+/m1/s1. The number of esters is 2. The van der Waals surface area contributed by atoms with Crippen molar-refractivity contribution in [2.24, 2.45) is 11.7 Å². The molecule has 1 unspecified atom stereocenters. The molecular weight excluding hydrogens is 348 g/mol. The van der Waals surface area contributed by atoms with Crippen LogP contribution in [-0.2, 0) is 19.1 Å². The van der Waals surface area contributed by atoms with E-state index in [1.807, 2.05) is 0 Å². The Bertz CT molecular complexity index is 652. The van der Waals surface area contributed by atoms with E-state index >= 15 is 0 Å². The van der Waals surface area contributed by atoms with Gasteiger partial charge in [0, 0.05) is 6.04 Å². The highest BCUT2D eigenvalue weighted by Gasteiger charge is 2.33. The largest absolute Gasteiger partial charge is 0.444 e. The van der Waals surface area contributed by atoms with Crippen molar-refractivity contribution in [2.75, 3.05) is 0 Å². The minimum Gasteiger partial charge on any atom is -0.444 e. The summed E-state index contributed by atoms with van der Waals surface area (Å²) in [6.45, 7) is 10.4. The molecule has 7 heteroatoms. The highest BCUT2D eigenvalue weighted by atomic mass is 16.6. The topological polar surface area (TPSA) is 108 Å². The van der Waals surface area contributed by atoms with Crippen molar-refractivity contribution in [3.63, 3.8) is 0 Å². The molecule has 0 saturated carbocycles. The fraction of sp³-hybridized carbons (Fsp3) is 0.550. The second kappa shape index (κ2) is 9.50. The lowest BCUT2D eigenvalue weighted by Gasteiger charge is -2.26. The van der Waals surface area contributed by atoms with Crippen molar-refractivity contribution in [3.05, 3.63) is 35.9 Å². The minimum atomic E-state index is -0.903. The van der Waals surface area contributed by atoms with Crippen molar-refractivity contribution >= 4 is 18.0 Å². The molecule has 1 aromatic carbocycles. The van der Waals surface area contributed by atoms with Gasteiger partial charge >= 0.3 is 18.0 Å². The molecule has 0 fully saturated rings. The molecule has 27 heavy (non-hydrogen) atoms. The Labute approximate surface area is 160 Å². The normalized spacial score (nSPS) is 14.8. The zero-order valence-electron chi connectivity index (χ0n) is 16.8. The number of hydrogen-bond acceptors (Lipinski definition) is 6. The van der Waals surface area contributed by atoms with Crippen LogP contribution in [0.2, 0.25) is 0 Å². The van der Waals surface area contributed by atoms with Crippen molar-refractivity contribution < 1.29 is 23.9 Å². The average Bonchev–Trinajstić information content (AvgIpc) is 2.53. The smallest absolute Gasteiger partial charge is 0.407 e. The third-order valence-corrected chi connectivity index (χ3v) is 3.85. The number of ether oxygens (including phenoxy) is 2. The molecule has 0 heterocycles. The quantitative estimate of drug-likeness (QED) is 0.582. The molecule has 0 aliphatic rings. The highest BCUT2D eigenvalue weighted by molar-refractivity contribution is 5.92. The molecule has 0 saturated heterocycles. The van der Waals surface area contributed by atoms with Crippen LogP contribution in [0.3, 0.4) is 0 Å². The van der Waals surface area contributed by atoms with Gasteiger partial charge in [-0.25, -0.2) is 9.59 Å². The van der Waals surface area contributed by atoms with Gasteiger partial charge in [0.25, 0.3) is 0 Å². The maximum atomic E-state index is 12.7. The second-order valence-electron chi connectivity index (χ2n) is 7.83. The molecular formula is C20H30N2O5. The first kappa shape index (κ1) is 22.6. The molecule has 1 amide bonds. The SMILES string of the molecule is CC(C)[C@H](N)C(=O)OC(=O)C(c1ccccc1)[C@@H](C)NC(=O)OC(C)(C)C. The van der Waals surface area contributed by atoms with E-state index in [4.69, 9.17) is 15.2 Å². The third-order valence-electron chi connectivity index (χ3n) is 3.85. The molecule has 0 aliphatic carbocycles. The molecule has 1 aromatic rings. The summed E-state index contributed by atoms with van der Waals surface area (Å²) in [6, 6.07) is 7.21. The van der Waals surface area contributed by atoms with Crippen molar-refractivity contribution in [1.82, 2.24) is 5.32 Å². The number of carbonyl (C=O) groups excluding carboxylic acids is 3. The lowest BCUT2D eigenvalue weighted by molar-refractivity contribution is -0.162. The van der Waals surface area contributed by atoms with Crippen molar-refractivity contribution in [3.8, 4) is 0 Å². The Kier molecular flexibility index (Phi) is 7.97. The maximum Gasteiger partial charge on any atom is 0.407 e. The number of carbonyl (C=O) groups is 3. The van der Waals surface area contributed by atoms with E-state index in [1.165, 1.54) is 0 Å². The van der Waals surface area contributed by atoms with Gasteiger partial charge in [-0.1, -0.05) is 44.2 Å². The van der Waals surface area contributed by atoms with Crippen LogP contribution in [0.25, 0.3) is 0 Å². The van der Waals surface area contributed by atoms with Crippen LogP contribution >= 0.6 is 0 Å². The van der Waals surface area contributed by atoms with Gasteiger partial charge in [0.05, 0.1) is 0 Å². The summed E-state index contributed by atoms with van der Waals surface area (Å²) in [7, 11) is 0. The number of rotatable bonds is 6. The number of alkyl carbamates (subject to hydrolysis) is 1. The second-order valence-corrected chi connectivity index (χ2v) is 7.83. The van der Waals surface area contributed by atoms with Crippen LogP contribution in [-0.4, -0.2) is 35.7 Å². The Morgan fingerprint density at radius 2 is 1.56 bits per heavy atom. The fourth-order valence-electron chi connectivity index (χ4n) is 2.37. The van der Waals surface area contributed by atoms with Gasteiger partial charge in [0.1, 0.15) is 17.6 Å². The molecule has 3 atom stereocenters. The Morgan fingerprint density at radius 3 is 2.04 bits per heavy atom. The average molecular weight is 378 g/mol. The third kappa shape index (κ3) is 7.38. The molecule has 3 N–H and O–H groups in total. The zero-order chi connectivity index (χ0) is 20.8. The number of nitrogens with one attached hydrogen (secondary N) is 1. The molecule has 150 valence electrons. The summed E-state index contributed by atoms with van der Waals surface area (Å²) in [5.74, 6) is -2.62. The lowest BCUT2D eigenvalue weighted by atomic mass is 9.92. The van der Waals surface area contributed by atoms with Crippen molar-refractivity contribution in [1.29, 1.82) is 0 Å². The van der Waals surface area contributed by atoms with Crippen LogP contribution in [0.15, 0.2) is 30.3 Å². The Hall–Kier alpha value is -2.41. The number of hydrogen-bond donors (Lipinski definition) is 2. The molecule has 0 spiro atoms. The van der Waals surface area contributed by atoms with Gasteiger partial charge < -0.3 is 20.5 Å². The van der Waals surface area contributed by atoms with Gasteiger partial charge in [-0.15, -0.1) is 0 Å². The van der Waals surface area contributed by atoms with Crippen molar-refractivity contribution in [2.45, 2.75) is 65.1 Å². The minimum absolute atomic E-state index is 0.169. The Morgan fingerprint density at radius 1 is 1.00 bits per heavy atom. The number of amides is 1. The molecule has 0 aromatic heterocycles. The summed E-state index contributed by atoms with van der Waals surface area (Å²) in [5.41, 5.74) is 5.69. The summed E-state index contributed by atoms with van der Waals surface area (Å²) in [5, 5.41) is 2.64. The van der Waals surface area contributed by atoms with E-state index in [0.717, 1.165) is 0 Å². The van der Waals surface area contributed by atoms with E-state index in [9.17, 15) is 14.4 Å². The van der Waals surface area contributed by atoms with Gasteiger partial charge in [-0.3, -0.25) is 4.79 Å². The molecule has 7 nitrogen and oxygen atoms in total. The maximum absolute atomic E-state index is 12.7. The summed E-state index contributed by atoms with van der Waals surface area (Å²) in [4.78, 5) is 36.9. The van der Waals surface area contributed by atoms with E-state index in [1.54, 1.807) is 71.9 Å².